The Labute approximate surface area is 339 Å². The molecular weight excluding hydrogens is 703 g/mol. The van der Waals surface area contributed by atoms with Crippen LogP contribution in [0.4, 0.5) is 0 Å². The summed E-state index contributed by atoms with van der Waals surface area (Å²) >= 11 is 0. The molecule has 0 saturated heterocycles. The van der Waals surface area contributed by atoms with Crippen molar-refractivity contribution in [1.82, 2.24) is 15.0 Å². The van der Waals surface area contributed by atoms with Crippen LogP contribution < -0.4 is 0 Å². The molecule has 0 N–H and O–H groups in total. The minimum atomic E-state index is -0.381. The number of benzene rings is 9. The van der Waals surface area contributed by atoms with Gasteiger partial charge in [0.05, 0.1) is 5.41 Å². The summed E-state index contributed by atoms with van der Waals surface area (Å²) in [6, 6.07) is 78.0. The third-order valence-corrected chi connectivity index (χ3v) is 11.3. The molecule has 0 saturated carbocycles. The molecule has 0 bridgehead atoms. The summed E-state index contributed by atoms with van der Waals surface area (Å²) in [5.74, 6) is 2.16. The SMILES string of the molecule is Cc1nc(-c2ccccc2)nc(-c2ccccc2)n1.c1ccc(C2(c3ccccc3)c3ccccc3-c3ccc(-c4ccc5ccc6ccccc6c5c4)cc32)cc1. The lowest BCUT2D eigenvalue weighted by Gasteiger charge is -2.34. The summed E-state index contributed by atoms with van der Waals surface area (Å²) in [5.41, 5.74) is 12.0. The van der Waals surface area contributed by atoms with E-state index >= 15 is 0 Å². The molecule has 274 valence electrons. The zero-order valence-electron chi connectivity index (χ0n) is 32.1. The average molecular weight is 742 g/mol. The van der Waals surface area contributed by atoms with Crippen molar-refractivity contribution in [2.45, 2.75) is 12.3 Å². The van der Waals surface area contributed by atoms with Gasteiger partial charge < -0.3 is 0 Å². The summed E-state index contributed by atoms with van der Waals surface area (Å²) in [6.07, 6.45) is 0. The van der Waals surface area contributed by atoms with Gasteiger partial charge in [0, 0.05) is 11.1 Å². The largest absolute Gasteiger partial charge is 0.213 e. The predicted octanol–water partition coefficient (Wildman–Crippen LogP) is 13.5. The zero-order valence-corrected chi connectivity index (χ0v) is 32.1. The quantitative estimate of drug-likeness (QED) is 0.165. The molecule has 1 aromatic heterocycles. The Morgan fingerprint density at radius 2 is 0.793 bits per heavy atom. The van der Waals surface area contributed by atoms with Crippen molar-refractivity contribution in [1.29, 1.82) is 0 Å². The van der Waals surface area contributed by atoms with Gasteiger partial charge in [-0.05, 0) is 85.1 Å². The fraction of sp³-hybridized carbons (Fsp3) is 0.0364. The standard InChI is InChI=1S/C39H26.C16H13N3/c1-3-12-31(13-4-1)39(32-14-5-2-6-15-32)37-18-10-9-17-34(37)35-24-23-30(26-38(35)39)29-22-21-28-20-19-27-11-7-8-16-33(27)36(28)25-29;1-12-17-15(13-8-4-2-5-9-13)19-16(18-12)14-10-6-3-7-11-14/h1-26H;2-11H,1H3. The molecule has 0 unspecified atom stereocenters. The highest BCUT2D eigenvalue weighted by Gasteiger charge is 2.46. The van der Waals surface area contributed by atoms with Crippen LogP contribution in [0.1, 0.15) is 28.1 Å². The second kappa shape index (κ2) is 14.9. The Balaban J connectivity index is 0.000000180. The first-order valence-corrected chi connectivity index (χ1v) is 19.8. The minimum absolute atomic E-state index is 0.381. The van der Waals surface area contributed by atoms with Gasteiger partial charge in [0.15, 0.2) is 11.6 Å². The van der Waals surface area contributed by atoms with Gasteiger partial charge in [-0.25, -0.2) is 15.0 Å². The number of nitrogens with zero attached hydrogens (tertiary/aromatic N) is 3. The second-order valence-corrected chi connectivity index (χ2v) is 14.8. The first-order chi connectivity index (χ1) is 28.7. The smallest absolute Gasteiger partial charge is 0.163 e. The van der Waals surface area contributed by atoms with E-state index in [1.54, 1.807) is 0 Å². The summed E-state index contributed by atoms with van der Waals surface area (Å²) in [7, 11) is 0. The van der Waals surface area contributed by atoms with E-state index in [0.717, 1.165) is 17.0 Å². The van der Waals surface area contributed by atoms with Gasteiger partial charge in [0.1, 0.15) is 5.82 Å². The van der Waals surface area contributed by atoms with E-state index in [1.807, 2.05) is 67.6 Å². The molecule has 3 nitrogen and oxygen atoms in total. The number of rotatable bonds is 5. The van der Waals surface area contributed by atoms with Gasteiger partial charge in [0.25, 0.3) is 0 Å². The number of fused-ring (bicyclic) bond motifs is 6. The van der Waals surface area contributed by atoms with Crippen LogP contribution in [0.25, 0.3) is 66.6 Å². The lowest BCUT2D eigenvalue weighted by atomic mass is 9.67. The predicted molar refractivity (Wildman–Crippen MR) is 240 cm³/mol. The van der Waals surface area contributed by atoms with E-state index in [-0.39, 0.29) is 5.41 Å². The lowest BCUT2D eigenvalue weighted by Crippen LogP contribution is -2.28. The van der Waals surface area contributed by atoms with E-state index in [1.165, 1.54) is 66.1 Å². The highest BCUT2D eigenvalue weighted by atomic mass is 15.0. The van der Waals surface area contributed by atoms with Crippen LogP contribution in [0, 0.1) is 6.92 Å². The van der Waals surface area contributed by atoms with Crippen molar-refractivity contribution in [3.8, 4) is 45.0 Å². The Kier molecular flexibility index (Phi) is 8.96. The van der Waals surface area contributed by atoms with E-state index in [9.17, 15) is 0 Å². The number of aromatic nitrogens is 3. The van der Waals surface area contributed by atoms with E-state index in [0.29, 0.717) is 11.6 Å². The molecule has 58 heavy (non-hydrogen) atoms. The highest BCUT2D eigenvalue weighted by Crippen LogP contribution is 2.56. The molecule has 1 aliphatic rings. The van der Waals surface area contributed by atoms with Crippen LogP contribution in [0.2, 0.25) is 0 Å². The maximum atomic E-state index is 4.55. The second-order valence-electron chi connectivity index (χ2n) is 14.8. The Morgan fingerprint density at radius 3 is 1.43 bits per heavy atom. The van der Waals surface area contributed by atoms with Gasteiger partial charge in [-0.15, -0.1) is 0 Å². The first-order valence-electron chi connectivity index (χ1n) is 19.8. The normalized spacial score (nSPS) is 12.4. The summed E-state index contributed by atoms with van der Waals surface area (Å²) in [4.78, 5) is 13.4. The Hall–Kier alpha value is -7.49. The molecule has 0 spiro atoms. The zero-order chi connectivity index (χ0) is 38.9. The average Bonchev–Trinajstić information content (AvgIpc) is 3.60. The van der Waals surface area contributed by atoms with Crippen LogP contribution >= 0.6 is 0 Å². The molecule has 0 aliphatic heterocycles. The fourth-order valence-corrected chi connectivity index (χ4v) is 8.72. The van der Waals surface area contributed by atoms with Crippen LogP contribution in [-0.4, -0.2) is 15.0 Å². The van der Waals surface area contributed by atoms with Crippen LogP contribution in [0.15, 0.2) is 218 Å². The summed E-state index contributed by atoms with van der Waals surface area (Å²) < 4.78 is 0. The van der Waals surface area contributed by atoms with Crippen molar-refractivity contribution in [2.75, 3.05) is 0 Å². The first kappa shape index (κ1) is 35.0. The van der Waals surface area contributed by atoms with Crippen molar-refractivity contribution in [3.05, 3.63) is 246 Å². The molecule has 0 radical (unpaired) electrons. The van der Waals surface area contributed by atoms with Crippen LogP contribution in [0.5, 0.6) is 0 Å². The third-order valence-electron chi connectivity index (χ3n) is 11.3. The number of aryl methyl sites for hydroxylation is 1. The Morgan fingerprint density at radius 1 is 0.328 bits per heavy atom. The van der Waals surface area contributed by atoms with Crippen LogP contribution in [-0.2, 0) is 5.41 Å². The molecule has 9 aromatic carbocycles. The Bertz CT molecular complexity index is 2950. The highest BCUT2D eigenvalue weighted by molar-refractivity contribution is 6.08. The number of hydrogen-bond acceptors (Lipinski definition) is 3. The van der Waals surface area contributed by atoms with Crippen molar-refractivity contribution in [3.63, 3.8) is 0 Å². The van der Waals surface area contributed by atoms with Gasteiger partial charge in [-0.2, -0.15) is 0 Å². The fourth-order valence-electron chi connectivity index (χ4n) is 8.72. The van der Waals surface area contributed by atoms with Crippen molar-refractivity contribution in [2.24, 2.45) is 0 Å². The lowest BCUT2D eigenvalue weighted by molar-refractivity contribution is 0.769. The molecular formula is C55H39N3. The molecule has 3 heteroatoms. The molecule has 1 aliphatic carbocycles. The van der Waals surface area contributed by atoms with E-state index < -0.39 is 0 Å². The minimum Gasteiger partial charge on any atom is -0.213 e. The van der Waals surface area contributed by atoms with E-state index in [4.69, 9.17) is 0 Å². The van der Waals surface area contributed by atoms with Gasteiger partial charge in [0.2, 0.25) is 0 Å². The summed E-state index contributed by atoms with van der Waals surface area (Å²) in [6.45, 7) is 1.89. The van der Waals surface area contributed by atoms with Gasteiger partial charge in [-0.1, -0.05) is 206 Å². The van der Waals surface area contributed by atoms with Crippen LogP contribution in [0.3, 0.4) is 0 Å². The van der Waals surface area contributed by atoms with E-state index in [2.05, 4.69) is 173 Å². The molecule has 10 aromatic rings. The maximum Gasteiger partial charge on any atom is 0.163 e. The molecule has 0 amide bonds. The monoisotopic (exact) mass is 741 g/mol. The van der Waals surface area contributed by atoms with Gasteiger partial charge >= 0.3 is 0 Å². The number of hydrogen-bond donors (Lipinski definition) is 0. The van der Waals surface area contributed by atoms with Gasteiger partial charge in [-0.3, -0.25) is 0 Å². The maximum absolute atomic E-state index is 4.55. The molecule has 11 rings (SSSR count). The molecule has 1 heterocycles. The molecule has 0 atom stereocenters. The van der Waals surface area contributed by atoms with Crippen molar-refractivity contribution >= 4 is 21.5 Å². The molecule has 0 fully saturated rings. The topological polar surface area (TPSA) is 38.7 Å². The third kappa shape index (κ3) is 6.14. The van der Waals surface area contributed by atoms with Crippen molar-refractivity contribution < 1.29 is 0 Å². The summed E-state index contributed by atoms with van der Waals surface area (Å²) in [5, 5.41) is 5.15.